The van der Waals surface area contributed by atoms with E-state index in [9.17, 15) is 8.42 Å². The van der Waals surface area contributed by atoms with Crippen LogP contribution in [0.3, 0.4) is 0 Å². The number of rotatable bonds is 6. The molecule has 0 atom stereocenters. The Morgan fingerprint density at radius 1 is 1.56 bits per heavy atom. The SMILES string of the molecule is NC(CCCNS(=O)(=O)c1cc(Cl)sc1Cl)=NO. The molecule has 0 saturated heterocycles. The molecule has 0 amide bonds. The molecule has 6 nitrogen and oxygen atoms in total. The molecule has 0 unspecified atom stereocenters. The van der Waals surface area contributed by atoms with Gasteiger partial charge in [0.25, 0.3) is 0 Å². The fourth-order valence-electron chi connectivity index (χ4n) is 1.11. The third-order valence-electron chi connectivity index (χ3n) is 1.95. The minimum atomic E-state index is -3.67. The monoisotopic (exact) mass is 331 g/mol. The van der Waals surface area contributed by atoms with E-state index in [1.807, 2.05) is 0 Å². The van der Waals surface area contributed by atoms with Gasteiger partial charge < -0.3 is 10.9 Å². The third kappa shape index (κ3) is 4.29. The summed E-state index contributed by atoms with van der Waals surface area (Å²) in [6.07, 6.45) is 0.696. The largest absolute Gasteiger partial charge is 0.409 e. The van der Waals surface area contributed by atoms with Crippen LogP contribution in [0.25, 0.3) is 0 Å². The second kappa shape index (κ2) is 6.58. The van der Waals surface area contributed by atoms with E-state index in [-0.39, 0.29) is 28.0 Å². The topological polar surface area (TPSA) is 105 Å². The highest BCUT2D eigenvalue weighted by molar-refractivity contribution is 7.89. The van der Waals surface area contributed by atoms with Gasteiger partial charge in [0.2, 0.25) is 10.0 Å². The Hall–Kier alpha value is -0.540. The summed E-state index contributed by atoms with van der Waals surface area (Å²) in [6.45, 7) is 0.155. The summed E-state index contributed by atoms with van der Waals surface area (Å²) in [5.74, 6) is 0.0470. The first-order chi connectivity index (χ1) is 8.36. The smallest absolute Gasteiger partial charge is 0.242 e. The van der Waals surface area contributed by atoms with E-state index >= 15 is 0 Å². The van der Waals surface area contributed by atoms with Gasteiger partial charge in [-0.25, -0.2) is 13.1 Å². The number of nitrogens with one attached hydrogen (secondary N) is 1. The van der Waals surface area contributed by atoms with E-state index in [0.717, 1.165) is 11.3 Å². The van der Waals surface area contributed by atoms with Gasteiger partial charge >= 0.3 is 0 Å². The molecular formula is C8H11Cl2N3O3S2. The van der Waals surface area contributed by atoms with E-state index in [0.29, 0.717) is 10.8 Å². The highest BCUT2D eigenvalue weighted by Gasteiger charge is 2.20. The first kappa shape index (κ1) is 15.5. The third-order valence-corrected chi connectivity index (χ3v) is 5.16. The normalized spacial score (nSPS) is 12.9. The quantitative estimate of drug-likeness (QED) is 0.243. The van der Waals surface area contributed by atoms with Crippen LogP contribution in [-0.2, 0) is 10.0 Å². The Balaban J connectivity index is 2.58. The number of halogens is 2. The van der Waals surface area contributed by atoms with E-state index in [1.54, 1.807) is 0 Å². The van der Waals surface area contributed by atoms with Gasteiger partial charge in [-0.15, -0.1) is 11.3 Å². The summed E-state index contributed by atoms with van der Waals surface area (Å²) in [6, 6.07) is 1.29. The van der Waals surface area contributed by atoms with Crippen molar-refractivity contribution in [3.8, 4) is 0 Å². The lowest BCUT2D eigenvalue weighted by atomic mass is 10.3. The van der Waals surface area contributed by atoms with Crippen LogP contribution in [0.2, 0.25) is 8.67 Å². The summed E-state index contributed by atoms with van der Waals surface area (Å²) in [7, 11) is -3.67. The molecule has 0 aromatic carbocycles. The van der Waals surface area contributed by atoms with Gasteiger partial charge in [-0.3, -0.25) is 0 Å². The fraction of sp³-hybridized carbons (Fsp3) is 0.375. The summed E-state index contributed by atoms with van der Waals surface area (Å²) in [5.41, 5.74) is 5.25. The van der Waals surface area contributed by atoms with E-state index in [4.69, 9.17) is 34.1 Å². The summed E-state index contributed by atoms with van der Waals surface area (Å²) < 4.78 is 26.4. The molecule has 0 radical (unpaired) electrons. The van der Waals surface area contributed by atoms with Gasteiger partial charge in [-0.2, -0.15) is 0 Å². The first-order valence-electron chi connectivity index (χ1n) is 4.77. The van der Waals surface area contributed by atoms with Crippen LogP contribution in [0.1, 0.15) is 12.8 Å². The van der Waals surface area contributed by atoms with Gasteiger partial charge in [0.15, 0.2) is 0 Å². The Kier molecular flexibility index (Phi) is 5.67. The summed E-state index contributed by atoms with van der Waals surface area (Å²) in [4.78, 5) is -0.0389. The van der Waals surface area contributed by atoms with Crippen molar-refractivity contribution in [1.82, 2.24) is 4.72 Å². The number of oxime groups is 1. The maximum Gasteiger partial charge on any atom is 0.242 e. The lowest BCUT2D eigenvalue weighted by Crippen LogP contribution is -2.25. The minimum Gasteiger partial charge on any atom is -0.409 e. The maximum absolute atomic E-state index is 11.8. The van der Waals surface area contributed by atoms with Crippen LogP contribution in [0.15, 0.2) is 16.1 Å². The van der Waals surface area contributed by atoms with Crippen LogP contribution >= 0.6 is 34.5 Å². The molecule has 0 aliphatic rings. The maximum atomic E-state index is 11.8. The average Bonchev–Trinajstić information content (AvgIpc) is 2.64. The lowest BCUT2D eigenvalue weighted by Gasteiger charge is -2.05. The zero-order chi connectivity index (χ0) is 13.8. The molecule has 0 fully saturated rings. The van der Waals surface area contributed by atoms with Gasteiger partial charge in [-0.1, -0.05) is 28.4 Å². The van der Waals surface area contributed by atoms with Gasteiger partial charge in [0.1, 0.15) is 15.1 Å². The first-order valence-corrected chi connectivity index (χ1v) is 7.83. The molecule has 0 aliphatic heterocycles. The molecule has 1 aromatic rings. The van der Waals surface area contributed by atoms with Crippen LogP contribution in [0, 0.1) is 0 Å². The van der Waals surface area contributed by atoms with Crippen LogP contribution in [0.4, 0.5) is 0 Å². The zero-order valence-electron chi connectivity index (χ0n) is 9.06. The number of nitrogens with zero attached hydrogens (tertiary/aromatic N) is 1. The lowest BCUT2D eigenvalue weighted by molar-refractivity contribution is 0.316. The van der Waals surface area contributed by atoms with Crippen molar-refractivity contribution in [3.05, 3.63) is 14.7 Å². The summed E-state index contributed by atoms with van der Waals surface area (Å²) in [5, 5.41) is 11.1. The highest BCUT2D eigenvalue weighted by atomic mass is 35.5. The number of hydrogen-bond acceptors (Lipinski definition) is 5. The van der Waals surface area contributed by atoms with Crippen molar-refractivity contribution >= 4 is 50.4 Å². The molecule has 0 bridgehead atoms. The molecule has 0 aliphatic carbocycles. The predicted octanol–water partition coefficient (Wildman–Crippen LogP) is 1.86. The van der Waals surface area contributed by atoms with Crippen LogP contribution < -0.4 is 10.5 Å². The molecule has 4 N–H and O–H groups in total. The number of amidine groups is 1. The zero-order valence-corrected chi connectivity index (χ0v) is 12.2. The van der Waals surface area contributed by atoms with Crippen molar-refractivity contribution in [2.45, 2.75) is 17.7 Å². The summed E-state index contributed by atoms with van der Waals surface area (Å²) >= 11 is 12.4. The predicted molar refractivity (Wildman–Crippen MR) is 72.2 cm³/mol. The molecule has 1 rings (SSSR count). The van der Waals surface area contributed by atoms with E-state index in [1.165, 1.54) is 6.07 Å². The minimum absolute atomic E-state index is 0.0389. The van der Waals surface area contributed by atoms with Gasteiger partial charge in [0, 0.05) is 13.0 Å². The highest BCUT2D eigenvalue weighted by Crippen LogP contribution is 2.33. The van der Waals surface area contributed by atoms with Crippen molar-refractivity contribution in [1.29, 1.82) is 0 Å². The van der Waals surface area contributed by atoms with Crippen molar-refractivity contribution in [2.24, 2.45) is 10.9 Å². The molecule has 1 heterocycles. The Morgan fingerprint density at radius 3 is 2.72 bits per heavy atom. The van der Waals surface area contributed by atoms with E-state index in [2.05, 4.69) is 9.88 Å². The van der Waals surface area contributed by atoms with E-state index < -0.39 is 10.0 Å². The molecule has 1 aromatic heterocycles. The number of sulfonamides is 1. The van der Waals surface area contributed by atoms with Crippen LogP contribution in [-0.4, -0.2) is 26.0 Å². The van der Waals surface area contributed by atoms with Crippen LogP contribution in [0.5, 0.6) is 0 Å². The van der Waals surface area contributed by atoms with Gasteiger partial charge in [0.05, 0.1) is 4.34 Å². The molecule has 0 spiro atoms. The Labute approximate surface area is 118 Å². The molecule has 18 heavy (non-hydrogen) atoms. The van der Waals surface area contributed by atoms with Crippen molar-refractivity contribution in [2.75, 3.05) is 6.54 Å². The molecule has 0 saturated carbocycles. The number of thiophene rings is 1. The Bertz CT molecular complexity index is 542. The van der Waals surface area contributed by atoms with Gasteiger partial charge in [-0.05, 0) is 12.5 Å². The Morgan fingerprint density at radius 2 is 2.22 bits per heavy atom. The fourth-order valence-corrected chi connectivity index (χ4v) is 4.33. The number of nitrogens with two attached hydrogens (primary N) is 1. The molecule has 102 valence electrons. The average molecular weight is 332 g/mol. The number of hydrogen-bond donors (Lipinski definition) is 3. The second-order valence-electron chi connectivity index (χ2n) is 3.28. The van der Waals surface area contributed by atoms with Crippen molar-refractivity contribution in [3.63, 3.8) is 0 Å². The molecular weight excluding hydrogens is 321 g/mol. The second-order valence-corrected chi connectivity index (χ2v) is 7.30. The van der Waals surface area contributed by atoms with Crippen molar-refractivity contribution < 1.29 is 13.6 Å². The molecule has 10 heteroatoms. The standard InChI is InChI=1S/C8H11Cl2N3O3S2/c9-6-4-5(8(10)17-6)18(15,16)12-3-1-2-7(11)13-14/h4,12,14H,1-3H2,(H2,11,13).